The number of imide groups is 1. The van der Waals surface area contributed by atoms with Gasteiger partial charge < -0.3 is 9.80 Å². The summed E-state index contributed by atoms with van der Waals surface area (Å²) in [6, 6.07) is 11.7. The second-order valence-corrected chi connectivity index (χ2v) is 9.38. The van der Waals surface area contributed by atoms with Crippen molar-refractivity contribution in [3.63, 3.8) is 0 Å². The molecule has 2 saturated heterocycles. The van der Waals surface area contributed by atoms with E-state index < -0.39 is 11.7 Å². The molecule has 184 valence electrons. The van der Waals surface area contributed by atoms with Crippen molar-refractivity contribution in [2.45, 2.75) is 31.9 Å². The van der Waals surface area contributed by atoms with Gasteiger partial charge in [0.25, 0.3) is 5.91 Å². The van der Waals surface area contributed by atoms with Crippen LogP contribution in [-0.2, 0) is 15.8 Å². The predicted molar refractivity (Wildman–Crippen MR) is 124 cm³/mol. The van der Waals surface area contributed by atoms with Gasteiger partial charge in [0.2, 0.25) is 11.8 Å². The molecular formula is C26H26F3N3O3. The van der Waals surface area contributed by atoms with Gasteiger partial charge >= 0.3 is 6.18 Å². The van der Waals surface area contributed by atoms with Crippen LogP contribution < -0.4 is 9.80 Å². The first-order valence-corrected chi connectivity index (χ1v) is 11.9. The molecular weight excluding hydrogens is 459 g/mol. The summed E-state index contributed by atoms with van der Waals surface area (Å²) >= 11 is 0. The van der Waals surface area contributed by atoms with Crippen molar-refractivity contribution in [1.29, 1.82) is 0 Å². The van der Waals surface area contributed by atoms with Crippen molar-refractivity contribution in [2.24, 2.45) is 11.8 Å². The first-order valence-electron chi connectivity index (χ1n) is 11.9. The fraction of sp³-hybridized carbons (Fsp3) is 0.423. The standard InChI is InChI=1S/C26H26F3N3O3/c27-26(28,29)18-4-3-5-20(16-18)30-12-14-31(15-13-30)23(33)17-8-10-19(11-9-17)32-24(34)21-6-1-2-7-22(21)25(32)35/h3-5,8-11,16,21-22H,1-2,6-7,12-15H2/t21-,22-/m0/s1. The zero-order valence-electron chi connectivity index (χ0n) is 19.1. The number of halogens is 3. The fourth-order valence-electron chi connectivity index (χ4n) is 5.40. The van der Waals surface area contributed by atoms with Crippen molar-refractivity contribution in [3.8, 4) is 0 Å². The molecule has 3 fully saturated rings. The van der Waals surface area contributed by atoms with E-state index in [1.807, 2.05) is 4.90 Å². The van der Waals surface area contributed by atoms with Gasteiger partial charge in [-0.3, -0.25) is 19.3 Å². The fourth-order valence-corrected chi connectivity index (χ4v) is 5.40. The molecule has 0 bridgehead atoms. The highest BCUT2D eigenvalue weighted by atomic mass is 19.4. The first kappa shape index (κ1) is 23.4. The van der Waals surface area contributed by atoms with Crippen molar-refractivity contribution in [1.82, 2.24) is 4.90 Å². The van der Waals surface area contributed by atoms with Crippen molar-refractivity contribution >= 4 is 29.1 Å². The third kappa shape index (κ3) is 4.39. The number of benzene rings is 2. The van der Waals surface area contributed by atoms with Crippen molar-refractivity contribution in [2.75, 3.05) is 36.0 Å². The Morgan fingerprint density at radius 1 is 0.800 bits per heavy atom. The molecule has 0 unspecified atom stereocenters. The van der Waals surface area contributed by atoms with Gasteiger partial charge in [0, 0.05) is 37.4 Å². The number of anilines is 2. The van der Waals surface area contributed by atoms with E-state index in [4.69, 9.17) is 0 Å². The molecule has 2 aliphatic heterocycles. The van der Waals surface area contributed by atoms with Crippen LogP contribution in [0, 0.1) is 11.8 Å². The van der Waals surface area contributed by atoms with Crippen LogP contribution >= 0.6 is 0 Å². The molecule has 3 amide bonds. The molecule has 2 aromatic rings. The first-order chi connectivity index (χ1) is 16.7. The van der Waals surface area contributed by atoms with Crippen LogP contribution in [0.3, 0.4) is 0 Å². The monoisotopic (exact) mass is 485 g/mol. The number of hydrogen-bond donors (Lipinski definition) is 0. The molecule has 5 rings (SSSR count). The Kier molecular flexibility index (Phi) is 6.02. The summed E-state index contributed by atoms with van der Waals surface area (Å²) in [6.07, 6.45) is -0.989. The third-order valence-corrected chi connectivity index (χ3v) is 7.32. The van der Waals surface area contributed by atoms with E-state index in [0.717, 1.165) is 37.8 Å². The lowest BCUT2D eigenvalue weighted by Gasteiger charge is -2.36. The lowest BCUT2D eigenvalue weighted by molar-refractivity contribution is -0.137. The van der Waals surface area contributed by atoms with Gasteiger partial charge in [0.15, 0.2) is 0 Å². The molecule has 6 nitrogen and oxygen atoms in total. The zero-order valence-corrected chi connectivity index (χ0v) is 19.1. The summed E-state index contributed by atoms with van der Waals surface area (Å²) in [7, 11) is 0. The summed E-state index contributed by atoms with van der Waals surface area (Å²) in [5, 5.41) is 0. The maximum atomic E-state index is 13.0. The molecule has 2 heterocycles. The Morgan fingerprint density at radius 3 is 1.97 bits per heavy atom. The SMILES string of the molecule is O=C(c1ccc(N2C(=O)[C@H]3CCCC[C@@H]3C2=O)cc1)N1CCN(c2cccc(C(F)(F)F)c2)CC1. The van der Waals surface area contributed by atoms with Crippen LogP contribution in [0.5, 0.6) is 0 Å². The highest BCUT2D eigenvalue weighted by Crippen LogP contribution is 2.40. The van der Waals surface area contributed by atoms with E-state index in [-0.39, 0.29) is 29.6 Å². The molecule has 0 aromatic heterocycles. The minimum Gasteiger partial charge on any atom is -0.368 e. The number of nitrogens with zero attached hydrogens (tertiary/aromatic N) is 3. The Balaban J connectivity index is 1.23. The number of piperazine rings is 1. The van der Waals surface area contributed by atoms with Gasteiger partial charge in [-0.15, -0.1) is 0 Å². The number of hydrogen-bond acceptors (Lipinski definition) is 4. The van der Waals surface area contributed by atoms with Gasteiger partial charge in [-0.25, -0.2) is 0 Å². The number of carbonyl (C=O) groups excluding carboxylic acids is 3. The second-order valence-electron chi connectivity index (χ2n) is 9.38. The Hall–Kier alpha value is -3.36. The molecule has 35 heavy (non-hydrogen) atoms. The molecule has 1 aliphatic carbocycles. The molecule has 0 spiro atoms. The summed E-state index contributed by atoms with van der Waals surface area (Å²) in [6.45, 7) is 1.60. The molecule has 0 N–H and O–H groups in total. The largest absolute Gasteiger partial charge is 0.416 e. The molecule has 2 atom stereocenters. The van der Waals surface area contributed by atoms with Crippen LogP contribution in [0.2, 0.25) is 0 Å². The van der Waals surface area contributed by atoms with Crippen molar-refractivity contribution < 1.29 is 27.6 Å². The van der Waals surface area contributed by atoms with Gasteiger partial charge in [0.1, 0.15) is 0 Å². The van der Waals surface area contributed by atoms with Crippen molar-refractivity contribution in [3.05, 3.63) is 59.7 Å². The van der Waals surface area contributed by atoms with E-state index in [1.165, 1.54) is 11.0 Å². The Morgan fingerprint density at radius 2 is 1.40 bits per heavy atom. The second kappa shape index (κ2) is 9.02. The average Bonchev–Trinajstić information content (AvgIpc) is 3.13. The van der Waals surface area contributed by atoms with Crippen LogP contribution in [0.15, 0.2) is 48.5 Å². The van der Waals surface area contributed by atoms with E-state index in [9.17, 15) is 27.6 Å². The summed E-state index contributed by atoms with van der Waals surface area (Å²) in [5.41, 5.74) is 0.720. The molecule has 3 aliphatic rings. The Labute approximate surface area is 201 Å². The number of carbonyl (C=O) groups is 3. The third-order valence-electron chi connectivity index (χ3n) is 7.32. The van der Waals surface area contributed by atoms with Crippen LogP contribution in [-0.4, -0.2) is 48.8 Å². The number of alkyl halides is 3. The van der Waals surface area contributed by atoms with Gasteiger partial charge in [0.05, 0.1) is 23.1 Å². The highest BCUT2D eigenvalue weighted by molar-refractivity contribution is 6.22. The van der Waals surface area contributed by atoms with Gasteiger partial charge in [-0.05, 0) is 55.3 Å². The molecule has 1 saturated carbocycles. The summed E-state index contributed by atoms with van der Waals surface area (Å²) < 4.78 is 39.1. The predicted octanol–water partition coefficient (Wildman–Crippen LogP) is 4.35. The van der Waals surface area contributed by atoms with E-state index in [2.05, 4.69) is 0 Å². The zero-order chi connectivity index (χ0) is 24.7. The highest BCUT2D eigenvalue weighted by Gasteiger charge is 2.48. The summed E-state index contributed by atoms with van der Waals surface area (Å²) in [5.74, 6) is -0.946. The molecule has 2 aromatic carbocycles. The average molecular weight is 486 g/mol. The maximum Gasteiger partial charge on any atom is 0.416 e. The quantitative estimate of drug-likeness (QED) is 0.607. The van der Waals surface area contributed by atoms with Crippen LogP contribution in [0.25, 0.3) is 0 Å². The lowest BCUT2D eigenvalue weighted by atomic mass is 9.81. The van der Waals surface area contributed by atoms with E-state index >= 15 is 0 Å². The van der Waals surface area contributed by atoms with Gasteiger partial charge in [-0.1, -0.05) is 18.9 Å². The maximum absolute atomic E-state index is 13.0. The lowest BCUT2D eigenvalue weighted by Crippen LogP contribution is -2.48. The minimum absolute atomic E-state index is 0.149. The minimum atomic E-state index is -4.40. The smallest absolute Gasteiger partial charge is 0.368 e. The summed E-state index contributed by atoms with van der Waals surface area (Å²) in [4.78, 5) is 43.4. The molecule has 0 radical (unpaired) electrons. The molecule has 9 heteroatoms. The van der Waals surface area contributed by atoms with Gasteiger partial charge in [-0.2, -0.15) is 13.2 Å². The topological polar surface area (TPSA) is 60.9 Å². The number of rotatable bonds is 3. The van der Waals surface area contributed by atoms with Crippen LogP contribution in [0.1, 0.15) is 41.6 Å². The van der Waals surface area contributed by atoms with Crippen LogP contribution in [0.4, 0.5) is 24.5 Å². The number of amides is 3. The van der Waals surface area contributed by atoms with E-state index in [1.54, 1.807) is 35.2 Å². The van der Waals surface area contributed by atoms with E-state index in [0.29, 0.717) is 43.1 Å². The Bertz CT molecular complexity index is 1120. The normalized spacial score (nSPS) is 23.0. The number of fused-ring (bicyclic) bond motifs is 1.